The highest BCUT2D eigenvalue weighted by Crippen LogP contribution is 2.01. The molecule has 0 fully saturated rings. The van der Waals surface area contributed by atoms with Gasteiger partial charge in [0.25, 0.3) is 0 Å². The first-order valence-corrected chi connectivity index (χ1v) is 3.81. The molecule has 0 aliphatic heterocycles. The van der Waals surface area contributed by atoms with Crippen LogP contribution < -0.4 is 0 Å². The van der Waals surface area contributed by atoms with Crippen LogP contribution in [0.2, 0.25) is 5.54 Å². The second-order valence-corrected chi connectivity index (χ2v) is 2.87. The normalized spacial score (nSPS) is 12.0. The van der Waals surface area contributed by atoms with Crippen LogP contribution in [0.5, 0.6) is 0 Å². The molecule has 0 rings (SSSR count). The zero-order valence-electron chi connectivity index (χ0n) is 5.46. The number of ether oxygens (including phenoxy) is 1. The van der Waals surface area contributed by atoms with E-state index in [1.54, 1.807) is 6.08 Å². The van der Waals surface area contributed by atoms with Gasteiger partial charge in [-0.3, -0.25) is 4.79 Å². The first-order valence-electron chi connectivity index (χ1n) is 2.66. The molecule has 0 heterocycles. The van der Waals surface area contributed by atoms with Crippen LogP contribution in [0.3, 0.4) is 0 Å². The molecule has 0 aromatic heterocycles. The van der Waals surface area contributed by atoms with E-state index in [0.717, 1.165) is 16.5 Å². The highest BCUT2D eigenvalue weighted by molar-refractivity contribution is 6.24. The topological polar surface area (TPSA) is 26.3 Å². The molecule has 0 aromatic carbocycles. The minimum absolute atomic E-state index is 0.108. The van der Waals surface area contributed by atoms with E-state index in [2.05, 4.69) is 17.9 Å². The molecule has 0 aromatic rings. The van der Waals surface area contributed by atoms with Crippen LogP contribution in [-0.2, 0) is 9.53 Å². The SMILES string of the molecule is C=COC(=O)C([SiH3])C=C. The molecule has 0 aliphatic rings. The summed E-state index contributed by atoms with van der Waals surface area (Å²) in [4.78, 5) is 10.6. The van der Waals surface area contributed by atoms with E-state index in [0.29, 0.717) is 0 Å². The summed E-state index contributed by atoms with van der Waals surface area (Å²) in [6.07, 6.45) is 2.72. The number of hydrogen-bond acceptors (Lipinski definition) is 2. The molecule has 50 valence electrons. The Labute approximate surface area is 57.6 Å². The van der Waals surface area contributed by atoms with Gasteiger partial charge in [0.2, 0.25) is 0 Å². The smallest absolute Gasteiger partial charge is 0.313 e. The monoisotopic (exact) mass is 142 g/mol. The number of esters is 1. The Morgan fingerprint density at radius 2 is 2.22 bits per heavy atom. The fourth-order valence-corrected chi connectivity index (χ4v) is 0.422. The minimum atomic E-state index is -0.258. The van der Waals surface area contributed by atoms with Crippen molar-refractivity contribution in [3.05, 3.63) is 25.5 Å². The third-order valence-corrected chi connectivity index (χ3v) is 1.87. The second-order valence-electron chi connectivity index (χ2n) is 1.63. The largest absolute Gasteiger partial charge is 0.435 e. The van der Waals surface area contributed by atoms with Crippen LogP contribution in [0.1, 0.15) is 0 Å². The van der Waals surface area contributed by atoms with Crippen LogP contribution in [0.25, 0.3) is 0 Å². The van der Waals surface area contributed by atoms with Gasteiger partial charge in [-0.15, -0.1) is 6.58 Å². The zero-order chi connectivity index (χ0) is 7.28. The average Bonchev–Trinajstić information content (AvgIpc) is 1.87. The van der Waals surface area contributed by atoms with Crippen molar-refractivity contribution in [2.24, 2.45) is 0 Å². The Hall–Kier alpha value is -0.833. The van der Waals surface area contributed by atoms with E-state index in [1.165, 1.54) is 0 Å². The molecule has 9 heavy (non-hydrogen) atoms. The predicted octanol–water partition coefficient (Wildman–Crippen LogP) is 0.0130. The summed E-state index contributed by atoms with van der Waals surface area (Å²) in [5, 5.41) is 0. The summed E-state index contributed by atoms with van der Waals surface area (Å²) < 4.78 is 4.48. The fourth-order valence-electron chi connectivity index (χ4n) is 0.286. The Kier molecular flexibility index (Phi) is 3.71. The van der Waals surface area contributed by atoms with Crippen molar-refractivity contribution < 1.29 is 9.53 Å². The number of rotatable bonds is 3. The molecule has 2 nitrogen and oxygen atoms in total. The molecule has 1 unspecified atom stereocenters. The summed E-state index contributed by atoms with van der Waals surface area (Å²) in [5.41, 5.74) is -0.108. The summed E-state index contributed by atoms with van der Waals surface area (Å²) in [6, 6.07) is 0. The maximum absolute atomic E-state index is 10.6. The van der Waals surface area contributed by atoms with E-state index in [-0.39, 0.29) is 11.5 Å². The lowest BCUT2D eigenvalue weighted by Crippen LogP contribution is -2.06. The predicted molar refractivity (Wildman–Crippen MR) is 40.2 cm³/mol. The van der Waals surface area contributed by atoms with Crippen LogP contribution in [0.4, 0.5) is 0 Å². The third kappa shape index (κ3) is 2.87. The average molecular weight is 142 g/mol. The maximum Gasteiger partial charge on any atom is 0.313 e. The van der Waals surface area contributed by atoms with Gasteiger partial charge in [0.05, 0.1) is 11.8 Å². The van der Waals surface area contributed by atoms with Gasteiger partial charge in [-0.1, -0.05) is 12.7 Å². The first kappa shape index (κ1) is 8.17. The summed E-state index contributed by atoms with van der Waals surface area (Å²) >= 11 is 0. The van der Waals surface area contributed by atoms with Gasteiger partial charge in [-0.25, -0.2) is 0 Å². The van der Waals surface area contributed by atoms with Crippen molar-refractivity contribution in [1.29, 1.82) is 0 Å². The number of carbonyl (C=O) groups is 1. The molecular formula is C6H10O2Si. The Morgan fingerprint density at radius 3 is 2.56 bits per heavy atom. The molecule has 0 radical (unpaired) electrons. The van der Waals surface area contributed by atoms with Gasteiger partial charge in [0.15, 0.2) is 0 Å². The molecule has 0 N–H and O–H groups in total. The molecule has 0 saturated carbocycles. The molecular weight excluding hydrogens is 132 g/mol. The molecule has 1 atom stereocenters. The molecule has 0 bridgehead atoms. The van der Waals surface area contributed by atoms with Crippen LogP contribution in [-0.4, -0.2) is 16.2 Å². The highest BCUT2D eigenvalue weighted by Gasteiger charge is 2.06. The first-order chi connectivity index (χ1) is 4.22. The molecule has 3 heteroatoms. The van der Waals surface area contributed by atoms with Gasteiger partial charge in [-0.2, -0.15) is 0 Å². The summed E-state index contributed by atoms with van der Waals surface area (Å²) in [7, 11) is 0.747. The van der Waals surface area contributed by atoms with E-state index in [9.17, 15) is 4.79 Å². The molecule has 0 amide bonds. The van der Waals surface area contributed by atoms with Gasteiger partial charge < -0.3 is 4.74 Å². The fraction of sp³-hybridized carbons (Fsp3) is 0.167. The van der Waals surface area contributed by atoms with Crippen LogP contribution >= 0.6 is 0 Å². The highest BCUT2D eigenvalue weighted by atomic mass is 28.1. The standard InChI is InChI=1S/C6H10O2Si/c1-3-5(9)6(7)8-4-2/h3-5H,1-2H2,9H3. The van der Waals surface area contributed by atoms with Gasteiger partial charge in [-0.05, 0) is 0 Å². The van der Waals surface area contributed by atoms with E-state index >= 15 is 0 Å². The summed E-state index contributed by atoms with van der Waals surface area (Å²) in [6.45, 7) is 6.72. The summed E-state index contributed by atoms with van der Waals surface area (Å²) in [5.74, 6) is -0.258. The van der Waals surface area contributed by atoms with E-state index < -0.39 is 0 Å². The van der Waals surface area contributed by atoms with Crippen molar-refractivity contribution in [3.8, 4) is 0 Å². The Morgan fingerprint density at radius 1 is 1.67 bits per heavy atom. The van der Waals surface area contributed by atoms with Crippen molar-refractivity contribution in [2.45, 2.75) is 5.54 Å². The second kappa shape index (κ2) is 4.09. The number of hydrogen-bond donors (Lipinski definition) is 0. The van der Waals surface area contributed by atoms with E-state index in [4.69, 9.17) is 0 Å². The third-order valence-electron chi connectivity index (χ3n) is 0.925. The van der Waals surface area contributed by atoms with E-state index in [1.807, 2.05) is 0 Å². The molecule has 0 aliphatic carbocycles. The zero-order valence-corrected chi connectivity index (χ0v) is 7.46. The Balaban J connectivity index is 3.71. The van der Waals surface area contributed by atoms with Crippen molar-refractivity contribution >= 4 is 16.2 Å². The van der Waals surface area contributed by atoms with Crippen molar-refractivity contribution in [2.75, 3.05) is 0 Å². The van der Waals surface area contributed by atoms with Gasteiger partial charge in [0, 0.05) is 10.2 Å². The Bertz CT molecular complexity index is 131. The lowest BCUT2D eigenvalue weighted by atomic mass is 10.4. The maximum atomic E-state index is 10.6. The van der Waals surface area contributed by atoms with Crippen molar-refractivity contribution in [1.82, 2.24) is 0 Å². The minimum Gasteiger partial charge on any atom is -0.435 e. The lowest BCUT2D eigenvalue weighted by molar-refractivity contribution is -0.136. The van der Waals surface area contributed by atoms with Gasteiger partial charge >= 0.3 is 5.97 Å². The van der Waals surface area contributed by atoms with Crippen molar-refractivity contribution in [3.63, 3.8) is 0 Å². The van der Waals surface area contributed by atoms with Crippen LogP contribution in [0.15, 0.2) is 25.5 Å². The number of carbonyl (C=O) groups excluding carboxylic acids is 1. The molecule has 0 saturated heterocycles. The van der Waals surface area contributed by atoms with Crippen LogP contribution in [0, 0.1) is 0 Å². The van der Waals surface area contributed by atoms with Gasteiger partial charge in [0.1, 0.15) is 0 Å². The quantitative estimate of drug-likeness (QED) is 0.240. The molecule has 0 spiro atoms. The lowest BCUT2D eigenvalue weighted by Gasteiger charge is -2.00.